The smallest absolute Gasteiger partial charge is 0.271 e. The van der Waals surface area contributed by atoms with Crippen molar-refractivity contribution in [3.05, 3.63) is 50.6 Å². The summed E-state index contributed by atoms with van der Waals surface area (Å²) < 4.78 is 6.30. The van der Waals surface area contributed by atoms with Crippen LogP contribution in [0.4, 0.5) is 5.69 Å². The van der Waals surface area contributed by atoms with Gasteiger partial charge in [-0.3, -0.25) is 4.79 Å². The van der Waals surface area contributed by atoms with Gasteiger partial charge in [0.25, 0.3) is 5.91 Å². The Morgan fingerprint density at radius 3 is 2.77 bits per heavy atom. The first-order valence-corrected chi connectivity index (χ1v) is 11.1. The van der Waals surface area contributed by atoms with E-state index >= 15 is 0 Å². The van der Waals surface area contributed by atoms with Crippen molar-refractivity contribution in [3.63, 3.8) is 0 Å². The van der Waals surface area contributed by atoms with Crippen LogP contribution in [0.2, 0.25) is 0 Å². The van der Waals surface area contributed by atoms with E-state index in [2.05, 4.69) is 55.3 Å². The predicted molar refractivity (Wildman–Crippen MR) is 129 cm³/mol. The molecule has 0 spiro atoms. The van der Waals surface area contributed by atoms with Crippen molar-refractivity contribution in [2.24, 2.45) is 5.10 Å². The summed E-state index contributed by atoms with van der Waals surface area (Å²) in [5, 5.41) is 13.9. The second kappa shape index (κ2) is 8.83. The predicted octanol–water partition coefficient (Wildman–Crippen LogP) is 4.88. The van der Waals surface area contributed by atoms with E-state index < -0.39 is 0 Å². The molecule has 2 aromatic rings. The van der Waals surface area contributed by atoms with Crippen LogP contribution in [0.25, 0.3) is 0 Å². The van der Waals surface area contributed by atoms with Crippen molar-refractivity contribution in [2.75, 3.05) is 18.6 Å². The number of rotatable bonds is 5. The first-order chi connectivity index (χ1) is 14.2. The number of phenolic OH excluding ortho intramolecular Hbond substituents is 1. The highest BCUT2D eigenvalue weighted by Crippen LogP contribution is 2.45. The lowest BCUT2D eigenvalue weighted by Crippen LogP contribution is -2.48. The van der Waals surface area contributed by atoms with Gasteiger partial charge in [0.2, 0.25) is 0 Å². The Morgan fingerprint density at radius 2 is 2.13 bits per heavy atom. The third-order valence-electron chi connectivity index (χ3n) is 5.63. The average Bonchev–Trinajstić information content (AvgIpc) is 2.69. The van der Waals surface area contributed by atoms with E-state index in [0.29, 0.717) is 20.8 Å². The third kappa shape index (κ3) is 4.40. The van der Waals surface area contributed by atoms with Gasteiger partial charge in [0, 0.05) is 35.0 Å². The van der Waals surface area contributed by atoms with Gasteiger partial charge >= 0.3 is 0 Å². The number of ether oxygens (including phenoxy) is 1. The number of nitrogens with zero attached hydrogens (tertiary/aromatic N) is 2. The number of halogens is 1. The lowest BCUT2D eigenvalue weighted by molar-refractivity contribution is 0.0954. The number of amides is 1. The summed E-state index contributed by atoms with van der Waals surface area (Å²) >= 11 is 2.00. The molecular weight excluding hydrogens is 493 g/mol. The van der Waals surface area contributed by atoms with Crippen molar-refractivity contribution in [3.8, 4) is 11.5 Å². The number of nitrogens with one attached hydrogen (secondary N) is 1. The fourth-order valence-corrected chi connectivity index (χ4v) is 4.62. The number of methoxy groups -OCH3 is 1. The molecule has 0 radical (unpaired) electrons. The molecule has 2 N–H and O–H groups in total. The van der Waals surface area contributed by atoms with Crippen LogP contribution in [-0.4, -0.2) is 36.4 Å². The van der Waals surface area contributed by atoms with Gasteiger partial charge in [0.15, 0.2) is 0 Å². The van der Waals surface area contributed by atoms with E-state index in [1.54, 1.807) is 25.5 Å². The Hall–Kier alpha value is -2.29. The number of hydrogen-bond donors (Lipinski definition) is 2. The highest BCUT2D eigenvalue weighted by molar-refractivity contribution is 14.1. The second-order valence-electron chi connectivity index (χ2n) is 8.18. The Morgan fingerprint density at radius 1 is 1.40 bits per heavy atom. The van der Waals surface area contributed by atoms with E-state index in [1.807, 2.05) is 22.6 Å². The van der Waals surface area contributed by atoms with Crippen LogP contribution in [0.1, 0.15) is 61.5 Å². The first-order valence-electron chi connectivity index (χ1n) is 9.99. The SMILES string of the molecule is CCN1c2cc(OC)c(/C=N\NC(=O)c3ccc(I)c(O)c3)cc2C(C)CC1(C)C. The molecular formula is C23H28IN3O3. The molecule has 0 aromatic heterocycles. The molecule has 1 atom stereocenters. The second-order valence-corrected chi connectivity index (χ2v) is 9.34. The minimum absolute atomic E-state index is 0.0703. The van der Waals surface area contributed by atoms with Crippen molar-refractivity contribution in [2.45, 2.75) is 45.6 Å². The van der Waals surface area contributed by atoms with E-state index in [9.17, 15) is 9.90 Å². The average molecular weight is 521 g/mol. The van der Waals surface area contributed by atoms with Crippen LogP contribution in [0, 0.1) is 3.57 Å². The zero-order valence-electron chi connectivity index (χ0n) is 18.0. The van der Waals surface area contributed by atoms with Crippen molar-refractivity contribution < 1.29 is 14.6 Å². The van der Waals surface area contributed by atoms with Gasteiger partial charge in [-0.25, -0.2) is 5.43 Å². The standard InChI is InChI=1S/C23H28IN3O3/c1-6-27-19-11-21(30-5)16(9-17(19)14(2)12-23(27,3)4)13-25-26-22(29)15-7-8-18(24)20(28)10-15/h7-11,13-14,28H,6,12H2,1-5H3,(H,26,29)/b25-13-. The number of benzene rings is 2. The molecule has 0 bridgehead atoms. The minimum atomic E-state index is -0.387. The number of carbonyl (C=O) groups is 1. The molecule has 1 heterocycles. The maximum Gasteiger partial charge on any atom is 0.271 e. The summed E-state index contributed by atoms with van der Waals surface area (Å²) in [5.41, 5.74) is 6.20. The van der Waals surface area contributed by atoms with Gasteiger partial charge in [-0.05, 0) is 85.5 Å². The Balaban J connectivity index is 1.87. The first kappa shape index (κ1) is 22.4. The van der Waals surface area contributed by atoms with Crippen LogP contribution in [-0.2, 0) is 0 Å². The van der Waals surface area contributed by atoms with Crippen LogP contribution < -0.4 is 15.1 Å². The lowest BCUT2D eigenvalue weighted by atomic mass is 9.79. The molecule has 6 nitrogen and oxygen atoms in total. The minimum Gasteiger partial charge on any atom is -0.507 e. The fourth-order valence-electron chi connectivity index (χ4n) is 4.28. The molecule has 30 heavy (non-hydrogen) atoms. The molecule has 0 saturated heterocycles. The van der Waals surface area contributed by atoms with Crippen LogP contribution >= 0.6 is 22.6 Å². The van der Waals surface area contributed by atoms with Gasteiger partial charge in [0.05, 0.1) is 16.9 Å². The van der Waals surface area contributed by atoms with Crippen molar-refractivity contribution in [1.82, 2.24) is 5.43 Å². The number of fused-ring (bicyclic) bond motifs is 1. The van der Waals surface area contributed by atoms with Gasteiger partial charge in [0.1, 0.15) is 11.5 Å². The summed E-state index contributed by atoms with van der Waals surface area (Å²) in [6.45, 7) is 9.88. The van der Waals surface area contributed by atoms with E-state index in [1.165, 1.54) is 17.3 Å². The van der Waals surface area contributed by atoms with Gasteiger partial charge in [-0.1, -0.05) is 6.92 Å². The van der Waals surface area contributed by atoms with E-state index in [4.69, 9.17) is 4.74 Å². The Bertz CT molecular complexity index is 988. The fraction of sp³-hybridized carbons (Fsp3) is 0.391. The molecule has 2 aromatic carbocycles. The van der Waals surface area contributed by atoms with E-state index in [0.717, 1.165) is 18.5 Å². The molecule has 0 aliphatic carbocycles. The Labute approximate surface area is 191 Å². The number of phenols is 1. The molecule has 160 valence electrons. The maximum atomic E-state index is 12.3. The summed E-state index contributed by atoms with van der Waals surface area (Å²) in [5.74, 6) is 0.797. The highest BCUT2D eigenvalue weighted by atomic mass is 127. The maximum absolute atomic E-state index is 12.3. The number of hydrazone groups is 1. The van der Waals surface area contributed by atoms with Crippen LogP contribution in [0.3, 0.4) is 0 Å². The van der Waals surface area contributed by atoms with Gasteiger partial charge < -0.3 is 14.7 Å². The largest absolute Gasteiger partial charge is 0.507 e. The van der Waals surface area contributed by atoms with Crippen molar-refractivity contribution in [1.29, 1.82) is 0 Å². The zero-order valence-corrected chi connectivity index (χ0v) is 20.1. The lowest BCUT2D eigenvalue weighted by Gasteiger charge is -2.47. The molecule has 7 heteroatoms. The Kier molecular flexibility index (Phi) is 6.59. The van der Waals surface area contributed by atoms with Crippen LogP contribution in [0.15, 0.2) is 35.4 Å². The monoisotopic (exact) mass is 521 g/mol. The number of anilines is 1. The van der Waals surface area contributed by atoms with Crippen molar-refractivity contribution >= 4 is 40.4 Å². The molecule has 0 fully saturated rings. The topological polar surface area (TPSA) is 74.2 Å². The zero-order chi connectivity index (χ0) is 22.1. The molecule has 1 aliphatic rings. The van der Waals surface area contributed by atoms with E-state index in [-0.39, 0.29) is 17.2 Å². The van der Waals surface area contributed by atoms with Gasteiger partial charge in [-0.15, -0.1) is 0 Å². The number of hydrogen-bond acceptors (Lipinski definition) is 5. The van der Waals surface area contributed by atoms with Gasteiger partial charge in [-0.2, -0.15) is 5.10 Å². The molecule has 1 unspecified atom stereocenters. The molecule has 0 saturated carbocycles. The summed E-state index contributed by atoms with van der Waals surface area (Å²) in [7, 11) is 1.64. The third-order valence-corrected chi connectivity index (χ3v) is 6.54. The molecule has 3 rings (SSSR count). The quantitative estimate of drug-likeness (QED) is 0.334. The van der Waals surface area contributed by atoms with Crippen LogP contribution in [0.5, 0.6) is 11.5 Å². The summed E-state index contributed by atoms with van der Waals surface area (Å²) in [4.78, 5) is 14.7. The highest BCUT2D eigenvalue weighted by Gasteiger charge is 2.36. The summed E-state index contributed by atoms with van der Waals surface area (Å²) in [6.07, 6.45) is 2.66. The molecule has 1 aliphatic heterocycles. The normalized spacial score (nSPS) is 17.7. The molecule has 1 amide bonds. The summed E-state index contributed by atoms with van der Waals surface area (Å²) in [6, 6.07) is 8.92. The number of carbonyl (C=O) groups excluding carboxylic acids is 1. The number of aromatic hydroxyl groups is 1.